The number of hydrogen-bond donors (Lipinski definition) is 3. The first kappa shape index (κ1) is 16.6. The number of nitrogens with one attached hydrogen (secondary N) is 2. The topological polar surface area (TPSA) is 95.5 Å². The summed E-state index contributed by atoms with van der Waals surface area (Å²) in [4.78, 5) is 10.7. The lowest BCUT2D eigenvalue weighted by molar-refractivity contribution is -0.137. The van der Waals surface area contributed by atoms with Crippen molar-refractivity contribution >= 4 is 16.2 Å². The van der Waals surface area contributed by atoms with Crippen molar-refractivity contribution in [2.75, 3.05) is 0 Å². The molecule has 6 nitrogen and oxygen atoms in total. The molecule has 0 heterocycles. The number of carbonyl (C=O) groups is 1. The second-order valence-corrected chi connectivity index (χ2v) is 6.27. The standard InChI is InChI=1S/C13H20N2O4S/c1-10(2)14-20(18,19)15-12(8-9-13(16)17)11-6-4-3-5-7-11/h3-7,10,12,14-15H,8-9H2,1-2H3,(H,16,17). The van der Waals surface area contributed by atoms with E-state index in [9.17, 15) is 13.2 Å². The summed E-state index contributed by atoms with van der Waals surface area (Å²) in [6.45, 7) is 3.43. The molecule has 0 radical (unpaired) electrons. The van der Waals surface area contributed by atoms with Gasteiger partial charge in [-0.15, -0.1) is 0 Å². The maximum atomic E-state index is 11.9. The van der Waals surface area contributed by atoms with Gasteiger partial charge in [-0.2, -0.15) is 17.9 Å². The Morgan fingerprint density at radius 1 is 1.20 bits per heavy atom. The summed E-state index contributed by atoms with van der Waals surface area (Å²) in [6.07, 6.45) is 0.0854. The van der Waals surface area contributed by atoms with Gasteiger partial charge in [0.05, 0.1) is 0 Å². The van der Waals surface area contributed by atoms with E-state index in [2.05, 4.69) is 9.44 Å². The fourth-order valence-electron chi connectivity index (χ4n) is 1.78. The highest BCUT2D eigenvalue weighted by Gasteiger charge is 2.20. The Hall–Kier alpha value is -1.44. The summed E-state index contributed by atoms with van der Waals surface area (Å²) in [5.41, 5.74) is 0.739. The highest BCUT2D eigenvalue weighted by molar-refractivity contribution is 7.87. The van der Waals surface area contributed by atoms with E-state index in [1.165, 1.54) is 0 Å². The molecule has 0 saturated heterocycles. The lowest BCUT2D eigenvalue weighted by Gasteiger charge is -2.20. The molecule has 0 amide bonds. The first-order chi connectivity index (χ1) is 9.30. The lowest BCUT2D eigenvalue weighted by Crippen LogP contribution is -2.42. The average Bonchev–Trinajstić information content (AvgIpc) is 2.33. The van der Waals surface area contributed by atoms with E-state index >= 15 is 0 Å². The molecule has 0 aliphatic carbocycles. The number of benzene rings is 1. The van der Waals surface area contributed by atoms with Gasteiger partial charge >= 0.3 is 5.97 Å². The van der Waals surface area contributed by atoms with Crippen LogP contribution in [0.2, 0.25) is 0 Å². The van der Waals surface area contributed by atoms with Gasteiger partial charge in [0.1, 0.15) is 0 Å². The van der Waals surface area contributed by atoms with Gasteiger partial charge in [0.15, 0.2) is 0 Å². The highest BCUT2D eigenvalue weighted by Crippen LogP contribution is 2.19. The van der Waals surface area contributed by atoms with Crippen LogP contribution in [0.3, 0.4) is 0 Å². The molecule has 0 bridgehead atoms. The molecule has 1 atom stereocenters. The van der Waals surface area contributed by atoms with E-state index in [1.54, 1.807) is 38.1 Å². The van der Waals surface area contributed by atoms with Crippen LogP contribution in [0.4, 0.5) is 0 Å². The van der Waals surface area contributed by atoms with Gasteiger partial charge in [-0.05, 0) is 25.8 Å². The molecule has 1 aromatic rings. The summed E-state index contributed by atoms with van der Waals surface area (Å²) >= 11 is 0. The minimum Gasteiger partial charge on any atom is -0.481 e. The summed E-state index contributed by atoms with van der Waals surface area (Å²) < 4.78 is 28.7. The largest absolute Gasteiger partial charge is 0.481 e. The van der Waals surface area contributed by atoms with Crippen LogP contribution in [-0.4, -0.2) is 25.5 Å². The Bertz CT molecular complexity index is 529. The maximum Gasteiger partial charge on any atom is 0.303 e. The number of rotatable bonds is 8. The molecule has 0 aromatic heterocycles. The minimum atomic E-state index is -3.67. The van der Waals surface area contributed by atoms with Crippen LogP contribution in [0.5, 0.6) is 0 Å². The smallest absolute Gasteiger partial charge is 0.303 e. The molecule has 20 heavy (non-hydrogen) atoms. The van der Waals surface area contributed by atoms with Crippen molar-refractivity contribution in [3.8, 4) is 0 Å². The van der Waals surface area contributed by atoms with E-state index in [1.807, 2.05) is 6.07 Å². The molecule has 0 fully saturated rings. The van der Waals surface area contributed by atoms with Gasteiger partial charge < -0.3 is 5.11 Å². The molecule has 0 saturated carbocycles. The van der Waals surface area contributed by atoms with Crippen molar-refractivity contribution in [1.29, 1.82) is 0 Å². The van der Waals surface area contributed by atoms with Gasteiger partial charge in [-0.25, -0.2) is 0 Å². The molecule has 0 aliphatic rings. The summed E-state index contributed by atoms with van der Waals surface area (Å²) in [5, 5.41) is 8.76. The summed E-state index contributed by atoms with van der Waals surface area (Å²) in [7, 11) is -3.67. The third-order valence-corrected chi connectivity index (χ3v) is 3.91. The Labute approximate surface area is 119 Å². The van der Waals surface area contributed by atoms with Crippen molar-refractivity contribution < 1.29 is 18.3 Å². The molecular weight excluding hydrogens is 280 g/mol. The first-order valence-corrected chi connectivity index (χ1v) is 7.85. The van der Waals surface area contributed by atoms with Crippen LogP contribution in [0, 0.1) is 0 Å². The maximum absolute atomic E-state index is 11.9. The molecule has 7 heteroatoms. The van der Waals surface area contributed by atoms with Crippen molar-refractivity contribution in [1.82, 2.24) is 9.44 Å². The summed E-state index contributed by atoms with van der Waals surface area (Å²) in [5.74, 6) is -0.957. The third kappa shape index (κ3) is 6.14. The number of carboxylic acids is 1. The zero-order chi connectivity index (χ0) is 15.2. The predicted octanol–water partition coefficient (Wildman–Crippen LogP) is 1.42. The van der Waals surface area contributed by atoms with Crippen LogP contribution in [-0.2, 0) is 15.0 Å². The zero-order valence-corrected chi connectivity index (χ0v) is 12.4. The third-order valence-electron chi connectivity index (χ3n) is 2.54. The molecule has 0 spiro atoms. The van der Waals surface area contributed by atoms with E-state index in [0.717, 1.165) is 5.56 Å². The van der Waals surface area contributed by atoms with Crippen molar-refractivity contribution in [3.63, 3.8) is 0 Å². The number of hydrogen-bond acceptors (Lipinski definition) is 3. The SMILES string of the molecule is CC(C)NS(=O)(=O)NC(CCC(=O)O)c1ccccc1. The first-order valence-electron chi connectivity index (χ1n) is 6.36. The fraction of sp³-hybridized carbons (Fsp3) is 0.462. The van der Waals surface area contributed by atoms with Crippen LogP contribution < -0.4 is 9.44 Å². The van der Waals surface area contributed by atoms with Crippen molar-refractivity contribution in [2.24, 2.45) is 0 Å². The average molecular weight is 300 g/mol. The highest BCUT2D eigenvalue weighted by atomic mass is 32.2. The molecule has 3 N–H and O–H groups in total. The Morgan fingerprint density at radius 2 is 1.80 bits per heavy atom. The quantitative estimate of drug-likeness (QED) is 0.676. The number of carboxylic acid groups (broad SMARTS) is 1. The van der Waals surface area contributed by atoms with Gasteiger partial charge in [-0.3, -0.25) is 4.79 Å². The predicted molar refractivity (Wildman–Crippen MR) is 76.4 cm³/mol. The Balaban J connectivity index is 2.86. The van der Waals surface area contributed by atoms with Crippen molar-refractivity contribution in [2.45, 2.75) is 38.8 Å². The molecule has 1 rings (SSSR count). The van der Waals surface area contributed by atoms with Crippen molar-refractivity contribution in [3.05, 3.63) is 35.9 Å². The van der Waals surface area contributed by atoms with E-state index < -0.39 is 22.2 Å². The normalized spacial score (nSPS) is 13.3. The fourth-order valence-corrected chi connectivity index (χ4v) is 3.10. The van der Waals surface area contributed by atoms with Crippen LogP contribution in [0.1, 0.15) is 38.3 Å². The van der Waals surface area contributed by atoms with Crippen LogP contribution >= 0.6 is 0 Å². The monoisotopic (exact) mass is 300 g/mol. The molecule has 0 aliphatic heterocycles. The van der Waals surface area contributed by atoms with Crippen LogP contribution in [0.25, 0.3) is 0 Å². The second-order valence-electron chi connectivity index (χ2n) is 4.79. The van der Waals surface area contributed by atoms with Crippen LogP contribution in [0.15, 0.2) is 30.3 Å². The van der Waals surface area contributed by atoms with E-state index in [4.69, 9.17) is 5.11 Å². The van der Waals surface area contributed by atoms with E-state index in [0.29, 0.717) is 0 Å². The van der Waals surface area contributed by atoms with Gasteiger partial charge in [0, 0.05) is 18.5 Å². The molecule has 1 unspecified atom stereocenters. The number of aliphatic carboxylic acids is 1. The minimum absolute atomic E-state index is 0.107. The van der Waals surface area contributed by atoms with Gasteiger partial charge in [0.25, 0.3) is 10.2 Å². The molecule has 1 aromatic carbocycles. The van der Waals surface area contributed by atoms with Gasteiger partial charge in [-0.1, -0.05) is 30.3 Å². The van der Waals surface area contributed by atoms with Gasteiger partial charge in [0.2, 0.25) is 0 Å². The Kier molecular flexibility index (Phi) is 6.12. The summed E-state index contributed by atoms with van der Waals surface area (Å²) in [6, 6.07) is 8.13. The van der Waals surface area contributed by atoms with E-state index in [-0.39, 0.29) is 18.9 Å². The zero-order valence-electron chi connectivity index (χ0n) is 11.5. The molecular formula is C13H20N2O4S. The lowest BCUT2D eigenvalue weighted by atomic mass is 10.0. The second kappa shape index (κ2) is 7.37. The Morgan fingerprint density at radius 3 is 2.30 bits per heavy atom. The molecule has 112 valence electrons.